The maximum Gasteiger partial charge on any atom is 0.318 e. The molecule has 0 amide bonds. The summed E-state index contributed by atoms with van der Waals surface area (Å²) in [5.74, 6) is -5.83. The van der Waals surface area contributed by atoms with Crippen molar-refractivity contribution in [2.75, 3.05) is 6.61 Å². The van der Waals surface area contributed by atoms with Gasteiger partial charge in [-0.25, -0.2) is 0 Å². The first kappa shape index (κ1) is 58.8. The van der Waals surface area contributed by atoms with Gasteiger partial charge in [0, 0.05) is 24.2 Å². The van der Waals surface area contributed by atoms with Crippen molar-refractivity contribution in [2.24, 2.45) is 94.2 Å². The molecule has 380 valence electrons. The van der Waals surface area contributed by atoms with Crippen LogP contribution in [0.5, 0.6) is 0 Å². The van der Waals surface area contributed by atoms with Crippen molar-refractivity contribution in [2.45, 2.75) is 201 Å². The Labute approximate surface area is 399 Å². The fourth-order valence-electron chi connectivity index (χ4n) is 15.9. The van der Waals surface area contributed by atoms with Crippen molar-refractivity contribution < 1.29 is 57.2 Å². The topological polar surface area (TPSA) is 166 Å². The minimum absolute atomic E-state index is 0. The summed E-state index contributed by atoms with van der Waals surface area (Å²) in [5, 5.41) is 0. The number of ether oxygens (including phenoxy) is 5. The molecule has 0 N–H and O–H groups in total. The Hall–Kier alpha value is -3.31. The second-order valence-corrected chi connectivity index (χ2v) is 22.4. The Morgan fingerprint density at radius 3 is 1.80 bits per heavy atom. The molecule has 0 aromatic carbocycles. The molecule has 12 rings (SSSR count). The zero-order chi connectivity index (χ0) is 40.8. The van der Waals surface area contributed by atoms with Crippen LogP contribution in [0.2, 0.25) is 0 Å². The molecule has 0 spiro atoms. The normalized spacial score (nSPS) is 41.7. The van der Waals surface area contributed by atoms with Crippen molar-refractivity contribution >= 4 is 41.6 Å². The highest BCUT2D eigenvalue weighted by atomic mass is 16.6. The lowest BCUT2D eigenvalue weighted by Crippen LogP contribution is -2.60. The summed E-state index contributed by atoms with van der Waals surface area (Å²) in [6, 6.07) is 0. The molecule has 10 aliphatic carbocycles. The van der Waals surface area contributed by atoms with Crippen LogP contribution < -0.4 is 0 Å². The monoisotopic (exact) mass is 933 g/mol. The molecule has 12 fully saturated rings. The fourth-order valence-corrected chi connectivity index (χ4v) is 15.9. The number of carbonyl (C=O) groups is 7. The van der Waals surface area contributed by atoms with Gasteiger partial charge in [-0.05, 0) is 146 Å². The minimum Gasteiger partial charge on any atom is -0.465 e. The van der Waals surface area contributed by atoms with E-state index >= 15 is 4.79 Å². The Bertz CT molecular complexity index is 1810. The maximum atomic E-state index is 15.2. The second-order valence-electron chi connectivity index (χ2n) is 22.4. The number of Topliss-reactive ketones (excluding diaryl/α,β-unsaturated/α-hetero) is 1. The van der Waals surface area contributed by atoms with Crippen molar-refractivity contribution in [3.63, 3.8) is 0 Å². The molecule has 0 aromatic heterocycles. The lowest BCUT2D eigenvalue weighted by atomic mass is 9.48. The third kappa shape index (κ3) is 9.40. The van der Waals surface area contributed by atoms with Crippen LogP contribution in [0, 0.1) is 94.2 Å². The minimum atomic E-state index is -1.15. The van der Waals surface area contributed by atoms with E-state index in [4.69, 9.17) is 23.7 Å². The Morgan fingerprint density at radius 2 is 1.24 bits per heavy atom. The van der Waals surface area contributed by atoms with Crippen LogP contribution in [0.1, 0.15) is 184 Å². The lowest BCUT2D eigenvalue weighted by Gasteiger charge is -2.60. The molecular weight excluding hydrogens is 841 g/mol. The summed E-state index contributed by atoms with van der Waals surface area (Å²) in [6.07, 6.45) is 8.54. The highest BCUT2D eigenvalue weighted by Gasteiger charge is 2.66. The van der Waals surface area contributed by atoms with Crippen LogP contribution in [0.25, 0.3) is 0 Å². The van der Waals surface area contributed by atoms with E-state index in [-0.39, 0.29) is 143 Å². The van der Waals surface area contributed by atoms with Crippen molar-refractivity contribution in [1.82, 2.24) is 0 Å². The van der Waals surface area contributed by atoms with E-state index in [0.717, 1.165) is 25.7 Å². The van der Waals surface area contributed by atoms with Crippen LogP contribution in [0.3, 0.4) is 0 Å². The van der Waals surface area contributed by atoms with Gasteiger partial charge in [-0.1, -0.05) is 73.3 Å². The summed E-state index contributed by atoms with van der Waals surface area (Å²) in [4.78, 5) is 96.2. The van der Waals surface area contributed by atoms with Gasteiger partial charge in [-0.3, -0.25) is 33.6 Å². The summed E-state index contributed by atoms with van der Waals surface area (Å²) < 4.78 is 30.1. The third-order valence-corrected chi connectivity index (χ3v) is 17.6. The number of rotatable bonds is 10. The predicted molar refractivity (Wildman–Crippen MR) is 255 cm³/mol. The largest absolute Gasteiger partial charge is 0.465 e. The molecule has 12 heteroatoms. The highest BCUT2D eigenvalue weighted by Crippen LogP contribution is 2.65. The van der Waals surface area contributed by atoms with Gasteiger partial charge >= 0.3 is 35.8 Å². The van der Waals surface area contributed by atoms with Gasteiger partial charge in [-0.2, -0.15) is 0 Å². The molecule has 10 saturated carbocycles. The van der Waals surface area contributed by atoms with Crippen LogP contribution >= 0.6 is 0 Å². The second kappa shape index (κ2) is 20.0. The zero-order valence-corrected chi connectivity index (χ0v) is 34.7. The average Bonchev–Trinajstić information content (AvgIpc) is 3.84. The lowest BCUT2D eigenvalue weighted by molar-refractivity contribution is -0.220. The first-order valence-electron chi connectivity index (χ1n) is 22.5. The van der Waals surface area contributed by atoms with Crippen molar-refractivity contribution in [3.05, 3.63) is 0 Å². The Balaban J connectivity index is 0.00000187. The predicted octanol–water partition coefficient (Wildman–Crippen LogP) is 11.0. The fraction of sp³-hybridized carbons (Fsp3) is 0.870. The third-order valence-electron chi connectivity index (χ3n) is 17.6. The SMILES string of the molecule is C.C.C.C.C.C.C.C.CC1C(=O)OC(=O)C1C(CC(CC1C(C)C2CC1C1COC(=O)C21)C(=O)OC12CC3CC(C1)CC(C(=O)OC(C)(C)C)(C3)C2)C(=O)OC12CC3CC(C1)C(=O)C(C3)C2. The van der Waals surface area contributed by atoms with E-state index < -0.39 is 69.8 Å². The molecule has 2 saturated heterocycles. The Morgan fingerprint density at radius 1 is 0.667 bits per heavy atom. The number of fused-ring (bicyclic) bond motifs is 5. The van der Waals surface area contributed by atoms with Crippen LogP contribution in [-0.4, -0.2) is 65.0 Å². The average molecular weight is 933 g/mol. The number of hydrogen-bond donors (Lipinski definition) is 0. The van der Waals surface area contributed by atoms with Crippen molar-refractivity contribution in [1.29, 1.82) is 0 Å². The Kier molecular flexibility index (Phi) is 17.8. The summed E-state index contributed by atoms with van der Waals surface area (Å²) in [5.41, 5.74) is -3.06. The highest BCUT2D eigenvalue weighted by molar-refractivity contribution is 5.98. The van der Waals surface area contributed by atoms with Gasteiger partial charge in [-0.15, -0.1) is 0 Å². The van der Waals surface area contributed by atoms with Crippen LogP contribution in [-0.2, 0) is 57.2 Å². The zero-order valence-electron chi connectivity index (χ0n) is 34.7. The summed E-state index contributed by atoms with van der Waals surface area (Å²) in [7, 11) is 0. The molecule has 10 bridgehead atoms. The molecule has 0 radical (unpaired) electrons. The van der Waals surface area contributed by atoms with Crippen LogP contribution in [0.15, 0.2) is 0 Å². The molecule has 12 aliphatic rings. The smallest absolute Gasteiger partial charge is 0.318 e. The quantitative estimate of drug-likeness (QED) is 0.116. The van der Waals surface area contributed by atoms with E-state index in [1.54, 1.807) is 6.92 Å². The van der Waals surface area contributed by atoms with Gasteiger partial charge in [0.15, 0.2) is 0 Å². The molecule has 2 heterocycles. The first-order chi connectivity index (χ1) is 27.3. The van der Waals surface area contributed by atoms with Gasteiger partial charge in [0.2, 0.25) is 0 Å². The van der Waals surface area contributed by atoms with E-state index in [1.807, 2.05) is 20.8 Å². The first-order valence-corrected chi connectivity index (χ1v) is 22.5. The van der Waals surface area contributed by atoms with E-state index in [9.17, 15) is 28.8 Å². The van der Waals surface area contributed by atoms with Gasteiger partial charge in [0.05, 0.1) is 41.6 Å². The van der Waals surface area contributed by atoms with E-state index in [2.05, 4.69) is 6.92 Å². The number of cyclic esters (lactones) is 3. The molecule has 14 unspecified atom stereocenters. The standard InChI is InChI=1S/C46H60O12.8CH4/c1-21-29(31-11-30(21)35-33(31)19-54-40(35)51)9-26(38(49)56-46-15-24-6-25(16-46)13-44(12-24,20-46)42(53)58-43(3,4)5)10-32(34-22(2)37(48)55-41(34)52)39(50)57-45-14-23-7-27(17-45)36(47)28(8-23)18-45;;;;;;;;/h21-35H,6-20H2,1-5H3;8*1H4. The molecule has 12 nitrogen and oxygen atoms in total. The summed E-state index contributed by atoms with van der Waals surface area (Å²) >= 11 is 0. The van der Waals surface area contributed by atoms with Crippen LogP contribution in [0.4, 0.5) is 0 Å². The van der Waals surface area contributed by atoms with Gasteiger partial charge < -0.3 is 23.7 Å². The van der Waals surface area contributed by atoms with Gasteiger partial charge in [0.25, 0.3) is 0 Å². The summed E-state index contributed by atoms with van der Waals surface area (Å²) in [6.45, 7) is 9.73. The molecule has 14 atom stereocenters. The molecule has 66 heavy (non-hydrogen) atoms. The molecule has 2 aliphatic heterocycles. The van der Waals surface area contributed by atoms with Crippen molar-refractivity contribution in [3.8, 4) is 0 Å². The van der Waals surface area contributed by atoms with Gasteiger partial charge in [0.1, 0.15) is 22.6 Å². The molecular formula is C54H92O12. The number of ketones is 1. The number of carbonyl (C=O) groups excluding carboxylic acids is 7. The number of hydrogen-bond acceptors (Lipinski definition) is 12. The number of esters is 6. The van der Waals surface area contributed by atoms with E-state index in [0.29, 0.717) is 70.3 Å². The maximum absolute atomic E-state index is 15.2. The van der Waals surface area contributed by atoms with E-state index in [1.165, 1.54) is 0 Å². The molecule has 0 aromatic rings.